The molecule has 0 aliphatic heterocycles. The van der Waals surface area contributed by atoms with Crippen LogP contribution in [0.2, 0.25) is 5.02 Å². The molecule has 3 nitrogen and oxygen atoms in total. The Morgan fingerprint density at radius 2 is 1.79 bits per heavy atom. The van der Waals surface area contributed by atoms with Gasteiger partial charge >= 0.3 is 0 Å². The Hall–Kier alpha value is -2.78. The first-order chi connectivity index (χ1) is 13.5. The lowest BCUT2D eigenvalue weighted by molar-refractivity contribution is 0.102. The van der Waals surface area contributed by atoms with Crippen LogP contribution in [-0.2, 0) is 13.0 Å². The fourth-order valence-electron chi connectivity index (χ4n) is 3.28. The summed E-state index contributed by atoms with van der Waals surface area (Å²) in [5.74, 6) is -0.162. The minimum Gasteiger partial charge on any atom is -0.381 e. The highest BCUT2D eigenvalue weighted by atomic mass is 35.5. The van der Waals surface area contributed by atoms with E-state index in [1.165, 1.54) is 5.56 Å². The Morgan fingerprint density at radius 3 is 2.54 bits per heavy atom. The monoisotopic (exact) mass is 392 g/mol. The quantitative estimate of drug-likeness (QED) is 0.510. The number of rotatable bonds is 6. The van der Waals surface area contributed by atoms with E-state index in [0.29, 0.717) is 22.8 Å². The molecule has 4 heteroatoms. The molecule has 0 spiro atoms. The minimum absolute atomic E-state index is 0.162. The smallest absolute Gasteiger partial charge is 0.255 e. The normalized spacial score (nSPS) is 10.6. The molecule has 28 heavy (non-hydrogen) atoms. The molecular formula is C24H25ClN2O. The number of hydrogen-bond acceptors (Lipinski definition) is 2. The fourth-order valence-corrected chi connectivity index (χ4v) is 3.65. The predicted octanol–water partition coefficient (Wildman–Crippen LogP) is 6.38. The highest BCUT2D eigenvalue weighted by Gasteiger charge is 2.12. The van der Waals surface area contributed by atoms with Gasteiger partial charge in [-0.25, -0.2) is 0 Å². The number of para-hydroxylation sites is 1. The molecule has 2 N–H and O–H groups in total. The predicted molar refractivity (Wildman–Crippen MR) is 118 cm³/mol. The van der Waals surface area contributed by atoms with Crippen molar-refractivity contribution in [2.75, 3.05) is 10.6 Å². The second kappa shape index (κ2) is 8.94. The van der Waals surface area contributed by atoms with Gasteiger partial charge in [0.25, 0.3) is 5.91 Å². The van der Waals surface area contributed by atoms with Gasteiger partial charge in [0, 0.05) is 17.8 Å². The summed E-state index contributed by atoms with van der Waals surface area (Å²) in [5, 5.41) is 6.97. The Morgan fingerprint density at radius 1 is 1.00 bits per heavy atom. The van der Waals surface area contributed by atoms with E-state index in [1.807, 2.05) is 62.4 Å². The Bertz CT molecular complexity index is 974. The van der Waals surface area contributed by atoms with Crippen molar-refractivity contribution in [3.63, 3.8) is 0 Å². The number of amides is 1. The maximum atomic E-state index is 12.7. The third kappa shape index (κ3) is 4.73. The van der Waals surface area contributed by atoms with Crippen molar-refractivity contribution in [2.24, 2.45) is 0 Å². The fraction of sp³-hybridized carbons (Fsp3) is 0.208. The van der Waals surface area contributed by atoms with Gasteiger partial charge in [-0.1, -0.05) is 54.9 Å². The maximum absolute atomic E-state index is 12.7. The molecule has 0 saturated carbocycles. The minimum atomic E-state index is -0.162. The Labute approximate surface area is 171 Å². The summed E-state index contributed by atoms with van der Waals surface area (Å²) in [6.07, 6.45) is 0.974. The molecule has 0 aromatic heterocycles. The standard InChI is InChI=1S/C24H25ClN2O/c1-4-19-9-5-6-11-22(19)26-15-18-8-7-10-20(14-18)24(28)27-23-17(3)12-16(2)13-21(23)25/h5-14,26H,4,15H2,1-3H3,(H,27,28). The molecule has 1 amide bonds. The van der Waals surface area contributed by atoms with Gasteiger partial charge < -0.3 is 10.6 Å². The lowest BCUT2D eigenvalue weighted by Gasteiger charge is -2.13. The average molecular weight is 393 g/mol. The zero-order chi connectivity index (χ0) is 20.1. The largest absolute Gasteiger partial charge is 0.381 e. The van der Waals surface area contributed by atoms with E-state index in [1.54, 1.807) is 0 Å². The van der Waals surface area contributed by atoms with Crippen molar-refractivity contribution in [3.8, 4) is 0 Å². The van der Waals surface area contributed by atoms with Crippen molar-refractivity contribution in [2.45, 2.75) is 33.7 Å². The molecule has 0 bridgehead atoms. The maximum Gasteiger partial charge on any atom is 0.255 e. The molecule has 0 unspecified atom stereocenters. The molecule has 0 aliphatic rings. The molecule has 0 atom stereocenters. The number of aryl methyl sites for hydroxylation is 3. The van der Waals surface area contributed by atoms with E-state index in [2.05, 4.69) is 29.7 Å². The average Bonchev–Trinajstić information content (AvgIpc) is 2.69. The van der Waals surface area contributed by atoms with E-state index in [4.69, 9.17) is 11.6 Å². The topological polar surface area (TPSA) is 41.1 Å². The first-order valence-corrected chi connectivity index (χ1v) is 9.84. The zero-order valence-electron chi connectivity index (χ0n) is 16.5. The molecule has 0 aliphatic carbocycles. The summed E-state index contributed by atoms with van der Waals surface area (Å²) < 4.78 is 0. The summed E-state index contributed by atoms with van der Waals surface area (Å²) in [4.78, 5) is 12.7. The van der Waals surface area contributed by atoms with E-state index in [-0.39, 0.29) is 5.91 Å². The second-order valence-corrected chi connectivity index (χ2v) is 7.36. The van der Waals surface area contributed by atoms with E-state index in [0.717, 1.165) is 28.8 Å². The summed E-state index contributed by atoms with van der Waals surface area (Å²) in [7, 11) is 0. The van der Waals surface area contributed by atoms with Crippen LogP contribution in [0.15, 0.2) is 60.7 Å². The van der Waals surface area contributed by atoms with Crippen LogP contribution in [0.25, 0.3) is 0 Å². The number of anilines is 2. The van der Waals surface area contributed by atoms with Gasteiger partial charge in [-0.15, -0.1) is 0 Å². The highest BCUT2D eigenvalue weighted by Crippen LogP contribution is 2.28. The van der Waals surface area contributed by atoms with Crippen LogP contribution in [0.3, 0.4) is 0 Å². The van der Waals surface area contributed by atoms with E-state index in [9.17, 15) is 4.79 Å². The van der Waals surface area contributed by atoms with Gasteiger partial charge in [0.2, 0.25) is 0 Å². The molecule has 144 valence electrons. The summed E-state index contributed by atoms with van der Waals surface area (Å²) in [6, 6.07) is 19.8. The summed E-state index contributed by atoms with van der Waals surface area (Å²) in [5.41, 5.74) is 6.75. The first-order valence-electron chi connectivity index (χ1n) is 9.46. The van der Waals surface area contributed by atoms with E-state index < -0.39 is 0 Å². The van der Waals surface area contributed by atoms with Gasteiger partial charge in [0.1, 0.15) is 0 Å². The molecule has 0 saturated heterocycles. The van der Waals surface area contributed by atoms with Crippen molar-refractivity contribution in [3.05, 3.63) is 93.5 Å². The number of nitrogens with one attached hydrogen (secondary N) is 2. The van der Waals surface area contributed by atoms with Gasteiger partial charge in [0.15, 0.2) is 0 Å². The SMILES string of the molecule is CCc1ccccc1NCc1cccc(C(=O)Nc2c(C)cc(C)cc2Cl)c1. The van der Waals surface area contributed by atoms with Crippen LogP contribution in [-0.4, -0.2) is 5.91 Å². The Kier molecular flexibility index (Phi) is 6.37. The lowest BCUT2D eigenvalue weighted by atomic mass is 10.1. The molecule has 3 rings (SSSR count). The second-order valence-electron chi connectivity index (χ2n) is 6.96. The van der Waals surface area contributed by atoms with Crippen molar-refractivity contribution in [1.29, 1.82) is 0 Å². The number of hydrogen-bond donors (Lipinski definition) is 2. The number of carbonyl (C=O) groups excluding carboxylic acids is 1. The number of halogens is 1. The Balaban J connectivity index is 1.73. The van der Waals surface area contributed by atoms with Crippen molar-refractivity contribution in [1.82, 2.24) is 0 Å². The molecule has 3 aromatic rings. The van der Waals surface area contributed by atoms with Crippen LogP contribution >= 0.6 is 11.6 Å². The summed E-state index contributed by atoms with van der Waals surface area (Å²) >= 11 is 6.32. The van der Waals surface area contributed by atoms with Gasteiger partial charge in [-0.2, -0.15) is 0 Å². The van der Waals surface area contributed by atoms with Crippen LogP contribution in [0, 0.1) is 13.8 Å². The number of carbonyl (C=O) groups is 1. The molecule has 0 heterocycles. The van der Waals surface area contributed by atoms with Crippen molar-refractivity contribution >= 4 is 28.9 Å². The third-order valence-corrected chi connectivity index (χ3v) is 5.04. The van der Waals surface area contributed by atoms with Crippen LogP contribution in [0.1, 0.15) is 39.5 Å². The van der Waals surface area contributed by atoms with Crippen LogP contribution in [0.5, 0.6) is 0 Å². The van der Waals surface area contributed by atoms with Gasteiger partial charge in [0.05, 0.1) is 10.7 Å². The number of benzene rings is 3. The molecule has 0 radical (unpaired) electrons. The van der Waals surface area contributed by atoms with Gasteiger partial charge in [-0.05, 0) is 66.8 Å². The van der Waals surface area contributed by atoms with Crippen LogP contribution in [0.4, 0.5) is 11.4 Å². The molecule has 3 aromatic carbocycles. The summed E-state index contributed by atoms with van der Waals surface area (Å²) in [6.45, 7) is 6.73. The third-order valence-electron chi connectivity index (χ3n) is 4.74. The first kappa shape index (κ1) is 20.0. The lowest BCUT2D eigenvalue weighted by Crippen LogP contribution is -2.14. The van der Waals surface area contributed by atoms with E-state index >= 15 is 0 Å². The zero-order valence-corrected chi connectivity index (χ0v) is 17.2. The highest BCUT2D eigenvalue weighted by molar-refractivity contribution is 6.34. The van der Waals surface area contributed by atoms with Gasteiger partial charge in [-0.3, -0.25) is 4.79 Å². The van der Waals surface area contributed by atoms with Crippen molar-refractivity contribution < 1.29 is 4.79 Å². The molecule has 0 fully saturated rings. The molecular weight excluding hydrogens is 368 g/mol. The van der Waals surface area contributed by atoms with Crippen LogP contribution < -0.4 is 10.6 Å².